The van der Waals surface area contributed by atoms with Gasteiger partial charge in [0.25, 0.3) is 0 Å². The lowest BCUT2D eigenvalue weighted by Gasteiger charge is -2.21. The van der Waals surface area contributed by atoms with Gasteiger partial charge in [0.2, 0.25) is 0 Å². The molecule has 1 nitrogen and oxygen atoms in total. The van der Waals surface area contributed by atoms with Crippen LogP contribution in [-0.2, 0) is 0 Å². The maximum atomic E-state index is 9.32. The van der Waals surface area contributed by atoms with Gasteiger partial charge in [0.1, 0.15) is 0 Å². The van der Waals surface area contributed by atoms with Gasteiger partial charge in [0.05, 0.1) is 12.0 Å². The number of fused-ring (bicyclic) bond motifs is 2. The van der Waals surface area contributed by atoms with Gasteiger partial charge in [-0.15, -0.1) is 0 Å². The fourth-order valence-electron chi connectivity index (χ4n) is 3.57. The van der Waals surface area contributed by atoms with Crippen molar-refractivity contribution in [3.05, 3.63) is 69.9 Å². The Hall–Kier alpha value is -2.07. The minimum Gasteiger partial charge on any atom is -0.198 e. The number of nitrogens with zero attached hydrogens (tertiary/aromatic N) is 1. The third kappa shape index (κ3) is 1.47. The summed E-state index contributed by atoms with van der Waals surface area (Å²) in [6, 6.07) is 2.45. The zero-order chi connectivity index (χ0) is 12.8. The lowest BCUT2D eigenvalue weighted by atomic mass is 9.81. The summed E-state index contributed by atoms with van der Waals surface area (Å²) in [6.07, 6.45) is 17.8. The summed E-state index contributed by atoms with van der Waals surface area (Å²) in [5, 5.41) is 9.32. The van der Waals surface area contributed by atoms with Gasteiger partial charge in [-0.1, -0.05) is 36.5 Å². The molecule has 0 spiro atoms. The first kappa shape index (κ1) is 10.8. The van der Waals surface area contributed by atoms with Crippen molar-refractivity contribution in [1.29, 1.82) is 5.26 Å². The first-order chi connectivity index (χ1) is 9.38. The summed E-state index contributed by atoms with van der Waals surface area (Å²) in [6.45, 7) is 0. The molecule has 0 heterocycles. The van der Waals surface area contributed by atoms with Gasteiger partial charge in [-0.05, 0) is 59.1 Å². The van der Waals surface area contributed by atoms with Crippen LogP contribution >= 0.6 is 0 Å². The van der Waals surface area contributed by atoms with Gasteiger partial charge in [0.15, 0.2) is 0 Å². The molecule has 0 aromatic heterocycles. The van der Waals surface area contributed by atoms with E-state index in [0.717, 1.165) is 25.7 Å². The second-order valence-electron chi connectivity index (χ2n) is 5.48. The van der Waals surface area contributed by atoms with Gasteiger partial charge in [0, 0.05) is 0 Å². The first-order valence-electron chi connectivity index (χ1n) is 7.01. The Morgan fingerprint density at radius 3 is 2.74 bits per heavy atom. The molecule has 0 aromatic rings. The smallest absolute Gasteiger partial charge is 0.0750 e. The predicted molar refractivity (Wildman–Crippen MR) is 76.1 cm³/mol. The van der Waals surface area contributed by atoms with Crippen LogP contribution in [0, 0.1) is 17.2 Å². The SMILES string of the molecule is N#C[C@H]1CC=C2C=CC3=CCCC=C3C3=C2C1=CC3. The van der Waals surface area contributed by atoms with Gasteiger partial charge in [-0.2, -0.15) is 5.26 Å². The second-order valence-corrected chi connectivity index (χ2v) is 5.48. The van der Waals surface area contributed by atoms with E-state index in [2.05, 4.69) is 42.5 Å². The summed E-state index contributed by atoms with van der Waals surface area (Å²) in [4.78, 5) is 0. The highest BCUT2D eigenvalue weighted by atomic mass is 14.4. The fourth-order valence-corrected chi connectivity index (χ4v) is 3.57. The molecular weight excluding hydrogens is 230 g/mol. The Kier molecular flexibility index (Phi) is 2.26. The van der Waals surface area contributed by atoms with E-state index in [4.69, 9.17) is 0 Å². The molecule has 0 saturated carbocycles. The van der Waals surface area contributed by atoms with Crippen molar-refractivity contribution < 1.29 is 0 Å². The lowest BCUT2D eigenvalue weighted by Crippen LogP contribution is -2.09. The quantitative estimate of drug-likeness (QED) is 0.624. The zero-order valence-corrected chi connectivity index (χ0v) is 10.8. The largest absolute Gasteiger partial charge is 0.198 e. The van der Waals surface area contributed by atoms with Crippen LogP contribution in [0.2, 0.25) is 0 Å². The number of rotatable bonds is 0. The zero-order valence-electron chi connectivity index (χ0n) is 10.8. The first-order valence-corrected chi connectivity index (χ1v) is 7.01. The molecule has 0 unspecified atom stereocenters. The summed E-state index contributed by atoms with van der Waals surface area (Å²) in [5.74, 6) is 0.0550. The van der Waals surface area contributed by atoms with E-state index in [-0.39, 0.29) is 5.92 Å². The van der Waals surface area contributed by atoms with E-state index in [9.17, 15) is 5.26 Å². The fraction of sp³-hybridized carbons (Fsp3) is 0.278. The molecule has 4 aliphatic carbocycles. The Labute approximate surface area is 113 Å². The van der Waals surface area contributed by atoms with Gasteiger partial charge >= 0.3 is 0 Å². The second kappa shape index (κ2) is 3.96. The van der Waals surface area contributed by atoms with Crippen molar-refractivity contribution in [1.82, 2.24) is 0 Å². The van der Waals surface area contributed by atoms with Crippen molar-refractivity contribution in [3.63, 3.8) is 0 Å². The number of hydrogen-bond acceptors (Lipinski definition) is 1. The van der Waals surface area contributed by atoms with Crippen LogP contribution in [0.5, 0.6) is 0 Å². The molecule has 0 fully saturated rings. The van der Waals surface area contributed by atoms with E-state index in [0.29, 0.717) is 0 Å². The number of hydrogen-bond donors (Lipinski definition) is 0. The molecule has 0 amide bonds. The third-order valence-corrected chi connectivity index (χ3v) is 4.47. The molecule has 0 aliphatic heterocycles. The molecule has 19 heavy (non-hydrogen) atoms. The minimum absolute atomic E-state index is 0.0550. The molecule has 1 atom stereocenters. The van der Waals surface area contributed by atoms with E-state index in [1.54, 1.807) is 0 Å². The topological polar surface area (TPSA) is 23.8 Å². The van der Waals surface area contributed by atoms with Crippen molar-refractivity contribution >= 4 is 0 Å². The summed E-state index contributed by atoms with van der Waals surface area (Å²) >= 11 is 0. The monoisotopic (exact) mass is 245 g/mol. The average molecular weight is 245 g/mol. The molecule has 1 heteroatoms. The molecule has 0 bridgehead atoms. The molecule has 92 valence electrons. The minimum atomic E-state index is 0.0550. The van der Waals surface area contributed by atoms with Gasteiger partial charge < -0.3 is 0 Å². The van der Waals surface area contributed by atoms with E-state index in [1.165, 1.54) is 33.4 Å². The molecule has 4 rings (SSSR count). The van der Waals surface area contributed by atoms with Crippen LogP contribution in [0.25, 0.3) is 0 Å². The maximum absolute atomic E-state index is 9.32. The average Bonchev–Trinajstić information content (AvgIpc) is 2.83. The molecule has 0 saturated heterocycles. The summed E-state index contributed by atoms with van der Waals surface area (Å²) in [5.41, 5.74) is 8.16. The molecule has 0 aromatic carbocycles. The Balaban J connectivity index is 1.95. The van der Waals surface area contributed by atoms with Crippen LogP contribution in [0.15, 0.2) is 69.9 Å². The van der Waals surface area contributed by atoms with E-state index < -0.39 is 0 Å². The molecular formula is C18H15N. The van der Waals surface area contributed by atoms with Crippen LogP contribution < -0.4 is 0 Å². The lowest BCUT2D eigenvalue weighted by molar-refractivity contribution is 0.781. The standard InChI is InChI=1S/C18H15N/c19-11-14-8-7-13-6-5-12-3-1-2-4-15(12)17-10-9-16(14)18(13)17/h3-7,9,14H,1-2,8,10H2/t14-/m1/s1. The van der Waals surface area contributed by atoms with Crippen molar-refractivity contribution in [2.45, 2.75) is 25.7 Å². The Bertz CT molecular complexity index is 684. The number of allylic oxidation sites excluding steroid dienone is 12. The van der Waals surface area contributed by atoms with Crippen LogP contribution in [0.1, 0.15) is 25.7 Å². The predicted octanol–water partition coefficient (Wildman–Crippen LogP) is 4.30. The van der Waals surface area contributed by atoms with Crippen LogP contribution in [0.4, 0.5) is 0 Å². The van der Waals surface area contributed by atoms with Crippen molar-refractivity contribution in [3.8, 4) is 6.07 Å². The van der Waals surface area contributed by atoms with E-state index >= 15 is 0 Å². The van der Waals surface area contributed by atoms with Crippen LogP contribution in [0.3, 0.4) is 0 Å². The number of nitriles is 1. The van der Waals surface area contributed by atoms with Crippen molar-refractivity contribution in [2.75, 3.05) is 0 Å². The van der Waals surface area contributed by atoms with E-state index in [1.807, 2.05) is 0 Å². The summed E-state index contributed by atoms with van der Waals surface area (Å²) < 4.78 is 0. The highest BCUT2D eigenvalue weighted by Crippen LogP contribution is 2.47. The molecule has 0 radical (unpaired) electrons. The Morgan fingerprint density at radius 2 is 1.84 bits per heavy atom. The highest BCUT2D eigenvalue weighted by molar-refractivity contribution is 5.72. The highest BCUT2D eigenvalue weighted by Gasteiger charge is 2.32. The molecule has 4 aliphatic rings. The summed E-state index contributed by atoms with van der Waals surface area (Å²) in [7, 11) is 0. The van der Waals surface area contributed by atoms with Crippen LogP contribution in [-0.4, -0.2) is 0 Å². The molecule has 0 N–H and O–H groups in total. The van der Waals surface area contributed by atoms with Crippen molar-refractivity contribution in [2.24, 2.45) is 5.92 Å². The van der Waals surface area contributed by atoms with Gasteiger partial charge in [-0.25, -0.2) is 0 Å². The van der Waals surface area contributed by atoms with Gasteiger partial charge in [-0.3, -0.25) is 0 Å². The Morgan fingerprint density at radius 1 is 1.00 bits per heavy atom. The third-order valence-electron chi connectivity index (χ3n) is 4.47. The normalized spacial score (nSPS) is 27.4. The maximum Gasteiger partial charge on any atom is 0.0750 e.